The lowest BCUT2D eigenvalue weighted by Gasteiger charge is -2.04. The maximum atomic E-state index is 11.5. The molecule has 0 amide bonds. The summed E-state index contributed by atoms with van der Waals surface area (Å²) in [4.78, 5) is 22.7. The number of anilines is 1. The van der Waals surface area contributed by atoms with Gasteiger partial charge in [0.05, 0.1) is 16.9 Å². The maximum absolute atomic E-state index is 11.5. The van der Waals surface area contributed by atoms with Gasteiger partial charge in [0.25, 0.3) is 5.56 Å². The first-order chi connectivity index (χ1) is 9.08. The average molecular weight is 297 g/mol. The van der Waals surface area contributed by atoms with Gasteiger partial charge >= 0.3 is 0 Å². The summed E-state index contributed by atoms with van der Waals surface area (Å²) in [5.41, 5.74) is 6.67. The third-order valence-electron chi connectivity index (χ3n) is 2.30. The molecule has 2 aromatic rings. The summed E-state index contributed by atoms with van der Waals surface area (Å²) < 4.78 is 0. The van der Waals surface area contributed by atoms with Gasteiger partial charge in [-0.2, -0.15) is 0 Å². The van der Waals surface area contributed by atoms with Gasteiger partial charge in [-0.1, -0.05) is 24.9 Å². The molecule has 0 aliphatic carbocycles. The van der Waals surface area contributed by atoms with Crippen LogP contribution in [-0.4, -0.2) is 15.0 Å². The Morgan fingerprint density at radius 3 is 2.95 bits per heavy atom. The van der Waals surface area contributed by atoms with Crippen LogP contribution in [-0.2, 0) is 6.42 Å². The molecule has 0 saturated heterocycles. The summed E-state index contributed by atoms with van der Waals surface area (Å²) in [6.45, 7) is 2.04. The smallest absolute Gasteiger partial charge is 0.251 e. The van der Waals surface area contributed by atoms with Crippen LogP contribution >= 0.6 is 23.4 Å². The molecule has 0 aliphatic rings. The van der Waals surface area contributed by atoms with E-state index in [9.17, 15) is 4.79 Å². The number of aromatic amines is 1. The Hall–Kier alpha value is -1.53. The molecular weight excluding hydrogens is 284 g/mol. The van der Waals surface area contributed by atoms with Crippen LogP contribution in [0.4, 0.5) is 5.69 Å². The Morgan fingerprint density at radius 1 is 1.47 bits per heavy atom. The number of nitrogen functional groups attached to an aromatic ring is 1. The first-order valence-corrected chi connectivity index (χ1v) is 6.97. The number of H-pyrrole nitrogens is 1. The van der Waals surface area contributed by atoms with Crippen LogP contribution in [0.2, 0.25) is 5.02 Å². The van der Waals surface area contributed by atoms with E-state index in [2.05, 4.69) is 15.0 Å². The molecule has 0 atom stereocenters. The predicted octanol–water partition coefficient (Wildman–Crippen LogP) is 2.50. The van der Waals surface area contributed by atoms with Crippen LogP contribution in [0.3, 0.4) is 0 Å². The van der Waals surface area contributed by atoms with Crippen LogP contribution in [0.1, 0.15) is 19.0 Å². The molecule has 0 aromatic carbocycles. The zero-order chi connectivity index (χ0) is 13.8. The van der Waals surface area contributed by atoms with Crippen molar-refractivity contribution in [3.05, 3.63) is 39.4 Å². The predicted molar refractivity (Wildman–Crippen MR) is 76.6 cm³/mol. The van der Waals surface area contributed by atoms with Crippen LogP contribution < -0.4 is 11.3 Å². The second-order valence-electron chi connectivity index (χ2n) is 3.95. The summed E-state index contributed by atoms with van der Waals surface area (Å²) in [6.07, 6.45) is 3.21. The summed E-state index contributed by atoms with van der Waals surface area (Å²) in [5, 5.41) is 1.48. The molecule has 0 fully saturated rings. The van der Waals surface area contributed by atoms with E-state index >= 15 is 0 Å². The Labute approximate surface area is 119 Å². The fraction of sp³-hybridized carbons (Fsp3) is 0.250. The SMILES string of the molecule is CCCc1cc(=O)[nH]c(Sc2ncc(N)cc2Cl)n1. The molecule has 7 heteroatoms. The zero-order valence-corrected chi connectivity index (χ0v) is 11.9. The molecule has 2 aromatic heterocycles. The summed E-state index contributed by atoms with van der Waals surface area (Å²) in [6, 6.07) is 3.12. The van der Waals surface area contributed by atoms with Gasteiger partial charge in [0.1, 0.15) is 5.03 Å². The number of nitrogens with two attached hydrogens (primary N) is 1. The Kier molecular flexibility index (Phi) is 4.44. The number of hydrogen-bond donors (Lipinski definition) is 2. The fourth-order valence-electron chi connectivity index (χ4n) is 1.52. The number of nitrogens with one attached hydrogen (secondary N) is 1. The molecule has 19 heavy (non-hydrogen) atoms. The highest BCUT2D eigenvalue weighted by Crippen LogP contribution is 2.29. The van der Waals surface area contributed by atoms with Crippen molar-refractivity contribution in [2.75, 3.05) is 5.73 Å². The van der Waals surface area contributed by atoms with Gasteiger partial charge in [0.2, 0.25) is 0 Å². The van der Waals surface area contributed by atoms with Gasteiger partial charge in [-0.05, 0) is 24.2 Å². The minimum Gasteiger partial charge on any atom is -0.397 e. The molecule has 0 radical (unpaired) electrons. The van der Waals surface area contributed by atoms with Crippen molar-refractivity contribution in [2.24, 2.45) is 0 Å². The van der Waals surface area contributed by atoms with E-state index in [4.69, 9.17) is 17.3 Å². The molecule has 2 rings (SSSR count). The molecule has 3 N–H and O–H groups in total. The molecular formula is C12H13ClN4OS. The lowest BCUT2D eigenvalue weighted by molar-refractivity contribution is 0.815. The number of halogens is 1. The molecule has 2 heterocycles. The number of hydrogen-bond acceptors (Lipinski definition) is 5. The van der Waals surface area contributed by atoms with Crippen molar-refractivity contribution < 1.29 is 0 Å². The van der Waals surface area contributed by atoms with E-state index in [0.29, 0.717) is 20.9 Å². The van der Waals surface area contributed by atoms with Crippen LogP contribution in [0.25, 0.3) is 0 Å². The van der Waals surface area contributed by atoms with E-state index < -0.39 is 0 Å². The third-order valence-corrected chi connectivity index (χ3v) is 3.61. The van der Waals surface area contributed by atoms with Crippen molar-refractivity contribution in [3.8, 4) is 0 Å². The molecule has 0 saturated carbocycles. The fourth-order valence-corrected chi connectivity index (χ4v) is 2.57. The highest BCUT2D eigenvalue weighted by Gasteiger charge is 2.08. The highest BCUT2D eigenvalue weighted by molar-refractivity contribution is 7.99. The molecule has 0 bridgehead atoms. The molecule has 0 spiro atoms. The van der Waals surface area contributed by atoms with E-state index in [0.717, 1.165) is 18.5 Å². The Morgan fingerprint density at radius 2 is 2.26 bits per heavy atom. The summed E-state index contributed by atoms with van der Waals surface area (Å²) in [5.74, 6) is 0. The Balaban J connectivity index is 2.30. The summed E-state index contributed by atoms with van der Waals surface area (Å²) in [7, 11) is 0. The van der Waals surface area contributed by atoms with Crippen LogP contribution in [0.15, 0.2) is 33.3 Å². The first-order valence-electron chi connectivity index (χ1n) is 5.77. The minimum atomic E-state index is -0.174. The quantitative estimate of drug-likeness (QED) is 0.847. The standard InChI is InChI=1S/C12H13ClN4OS/c1-2-3-8-5-10(18)17-12(16-8)19-11-9(13)4-7(14)6-15-11/h4-6H,2-3,14H2,1H3,(H,16,17,18). The average Bonchev–Trinajstić information content (AvgIpc) is 2.32. The Bertz CT molecular complexity index is 644. The summed E-state index contributed by atoms with van der Waals surface area (Å²) >= 11 is 7.25. The van der Waals surface area contributed by atoms with Crippen molar-refractivity contribution in [1.29, 1.82) is 0 Å². The third kappa shape index (κ3) is 3.71. The van der Waals surface area contributed by atoms with Crippen molar-refractivity contribution in [1.82, 2.24) is 15.0 Å². The number of aryl methyl sites for hydroxylation is 1. The number of pyridine rings is 1. The number of nitrogens with zero attached hydrogens (tertiary/aromatic N) is 2. The second-order valence-corrected chi connectivity index (χ2v) is 5.33. The van der Waals surface area contributed by atoms with Gasteiger partial charge in [0.15, 0.2) is 5.16 Å². The van der Waals surface area contributed by atoms with E-state index in [-0.39, 0.29) is 5.56 Å². The molecule has 100 valence electrons. The maximum Gasteiger partial charge on any atom is 0.251 e. The second kappa shape index (κ2) is 6.08. The number of aromatic nitrogens is 3. The molecule has 5 nitrogen and oxygen atoms in total. The van der Waals surface area contributed by atoms with Crippen molar-refractivity contribution in [3.63, 3.8) is 0 Å². The van der Waals surface area contributed by atoms with Crippen LogP contribution in [0, 0.1) is 0 Å². The van der Waals surface area contributed by atoms with E-state index in [1.807, 2.05) is 6.92 Å². The normalized spacial score (nSPS) is 10.6. The largest absolute Gasteiger partial charge is 0.397 e. The molecule has 0 unspecified atom stereocenters. The highest BCUT2D eigenvalue weighted by atomic mass is 35.5. The van der Waals surface area contributed by atoms with Crippen molar-refractivity contribution in [2.45, 2.75) is 29.9 Å². The van der Waals surface area contributed by atoms with E-state index in [1.54, 1.807) is 6.07 Å². The van der Waals surface area contributed by atoms with Gasteiger partial charge in [-0.15, -0.1) is 0 Å². The van der Waals surface area contributed by atoms with Gasteiger partial charge < -0.3 is 10.7 Å². The van der Waals surface area contributed by atoms with Gasteiger partial charge in [-0.25, -0.2) is 9.97 Å². The number of rotatable bonds is 4. The lowest BCUT2D eigenvalue weighted by Crippen LogP contribution is -2.10. The zero-order valence-electron chi connectivity index (χ0n) is 10.3. The van der Waals surface area contributed by atoms with Gasteiger partial charge in [-0.3, -0.25) is 4.79 Å². The molecule has 0 aliphatic heterocycles. The van der Waals surface area contributed by atoms with Crippen molar-refractivity contribution >= 4 is 29.1 Å². The monoisotopic (exact) mass is 296 g/mol. The topological polar surface area (TPSA) is 84.7 Å². The first kappa shape index (κ1) is 13.9. The van der Waals surface area contributed by atoms with E-state index in [1.165, 1.54) is 24.0 Å². The van der Waals surface area contributed by atoms with Gasteiger partial charge in [0, 0.05) is 11.8 Å². The lowest BCUT2D eigenvalue weighted by atomic mass is 10.2. The van der Waals surface area contributed by atoms with Crippen LogP contribution in [0.5, 0.6) is 0 Å². The minimum absolute atomic E-state index is 0.174.